The van der Waals surface area contributed by atoms with Crippen molar-refractivity contribution in [1.29, 1.82) is 0 Å². The molecule has 0 radical (unpaired) electrons. The molecule has 3 N–H and O–H groups in total. The van der Waals surface area contributed by atoms with Gasteiger partial charge in [-0.1, -0.05) is 12.1 Å². The summed E-state index contributed by atoms with van der Waals surface area (Å²) < 4.78 is 10.6. The molecule has 2 rings (SSSR count). The van der Waals surface area contributed by atoms with Crippen LogP contribution in [0.4, 0.5) is 0 Å². The third-order valence-electron chi connectivity index (χ3n) is 3.09. The smallest absolute Gasteiger partial charge is 0.132 e. The summed E-state index contributed by atoms with van der Waals surface area (Å²) >= 11 is 0. The first-order chi connectivity index (χ1) is 9.26. The fourth-order valence-electron chi connectivity index (χ4n) is 2.08. The fourth-order valence-corrected chi connectivity index (χ4v) is 2.08. The molecule has 0 bridgehead atoms. The van der Waals surface area contributed by atoms with Crippen LogP contribution in [0.2, 0.25) is 0 Å². The molecule has 0 saturated heterocycles. The molecule has 0 aliphatic carbocycles. The molecule has 4 nitrogen and oxygen atoms in total. The van der Waals surface area contributed by atoms with Gasteiger partial charge in [0, 0.05) is 12.5 Å². The van der Waals surface area contributed by atoms with Crippen molar-refractivity contribution in [2.75, 3.05) is 13.2 Å². The molecule has 2 aromatic rings. The normalized spacial score (nSPS) is 14.1. The van der Waals surface area contributed by atoms with E-state index in [4.69, 9.17) is 14.9 Å². The molecular weight excluding hydrogens is 242 g/mol. The van der Waals surface area contributed by atoms with Crippen molar-refractivity contribution in [3.8, 4) is 5.75 Å². The molecule has 1 aromatic carbocycles. The van der Waals surface area contributed by atoms with Crippen LogP contribution in [0, 0.1) is 0 Å². The number of furan rings is 1. The summed E-state index contributed by atoms with van der Waals surface area (Å²) in [5.41, 5.74) is 6.74. The second kappa shape index (κ2) is 6.41. The third-order valence-corrected chi connectivity index (χ3v) is 3.09. The second-order valence-electron chi connectivity index (χ2n) is 4.30. The standard InChI is InChI=1S/C15H19NO3/c1-2-18-12-7-5-11(6-8-12)13(10-16)15(17)14-4-3-9-19-14/h3-9,13,15,17H,2,10,16H2,1H3. The van der Waals surface area contributed by atoms with Gasteiger partial charge in [0.25, 0.3) is 0 Å². The highest BCUT2D eigenvalue weighted by molar-refractivity contribution is 5.31. The van der Waals surface area contributed by atoms with E-state index in [1.165, 1.54) is 0 Å². The highest BCUT2D eigenvalue weighted by Gasteiger charge is 2.23. The average Bonchev–Trinajstić information content (AvgIpc) is 2.96. The quantitative estimate of drug-likeness (QED) is 0.838. The number of benzene rings is 1. The van der Waals surface area contributed by atoms with Gasteiger partial charge in [-0.25, -0.2) is 0 Å². The fraction of sp³-hybridized carbons (Fsp3) is 0.333. The van der Waals surface area contributed by atoms with Crippen molar-refractivity contribution < 1.29 is 14.3 Å². The van der Waals surface area contributed by atoms with Crippen LogP contribution in [0.15, 0.2) is 47.1 Å². The van der Waals surface area contributed by atoms with Crippen molar-refractivity contribution in [1.82, 2.24) is 0 Å². The summed E-state index contributed by atoms with van der Waals surface area (Å²) in [6.45, 7) is 2.92. The lowest BCUT2D eigenvalue weighted by Crippen LogP contribution is -2.19. The lowest BCUT2D eigenvalue weighted by molar-refractivity contribution is 0.122. The van der Waals surface area contributed by atoms with Crippen LogP contribution in [0.5, 0.6) is 5.75 Å². The number of ether oxygens (including phenoxy) is 1. The van der Waals surface area contributed by atoms with Crippen LogP contribution in [0.1, 0.15) is 30.3 Å². The maximum atomic E-state index is 10.3. The van der Waals surface area contributed by atoms with Crippen LogP contribution in [0.25, 0.3) is 0 Å². The highest BCUT2D eigenvalue weighted by atomic mass is 16.5. The predicted octanol–water partition coefficient (Wildman–Crippen LogP) is 2.45. The van der Waals surface area contributed by atoms with Gasteiger partial charge in [-0.15, -0.1) is 0 Å². The Kier molecular flexibility index (Phi) is 4.60. The van der Waals surface area contributed by atoms with Gasteiger partial charge in [0.05, 0.1) is 12.9 Å². The average molecular weight is 261 g/mol. The summed E-state index contributed by atoms with van der Waals surface area (Å²) in [6.07, 6.45) is 0.808. The van der Waals surface area contributed by atoms with Crippen molar-refractivity contribution >= 4 is 0 Å². The Balaban J connectivity index is 2.17. The highest BCUT2D eigenvalue weighted by Crippen LogP contribution is 2.31. The molecular formula is C15H19NO3. The molecule has 2 unspecified atom stereocenters. The number of hydrogen-bond donors (Lipinski definition) is 2. The maximum Gasteiger partial charge on any atom is 0.132 e. The zero-order valence-corrected chi connectivity index (χ0v) is 11.0. The Labute approximate surface area is 112 Å². The van der Waals surface area contributed by atoms with Crippen molar-refractivity contribution in [2.45, 2.75) is 18.9 Å². The lowest BCUT2D eigenvalue weighted by atomic mass is 9.92. The van der Waals surface area contributed by atoms with Crippen LogP contribution >= 0.6 is 0 Å². The van der Waals surface area contributed by atoms with Crippen LogP contribution in [-0.2, 0) is 0 Å². The van der Waals surface area contributed by atoms with Gasteiger partial charge in [0.15, 0.2) is 0 Å². The van der Waals surface area contributed by atoms with E-state index in [0.29, 0.717) is 18.9 Å². The predicted molar refractivity (Wildman–Crippen MR) is 73.1 cm³/mol. The zero-order valence-electron chi connectivity index (χ0n) is 11.0. The van der Waals surface area contributed by atoms with E-state index in [1.54, 1.807) is 18.4 Å². The molecule has 0 fully saturated rings. The van der Waals surface area contributed by atoms with Crippen molar-refractivity contribution in [2.24, 2.45) is 5.73 Å². The molecule has 0 saturated carbocycles. The maximum absolute atomic E-state index is 10.3. The number of nitrogens with two attached hydrogens (primary N) is 1. The van der Waals surface area contributed by atoms with Gasteiger partial charge < -0.3 is 20.0 Å². The third kappa shape index (κ3) is 3.16. The van der Waals surface area contributed by atoms with Crippen molar-refractivity contribution in [3.63, 3.8) is 0 Å². The van der Waals surface area contributed by atoms with Gasteiger partial charge >= 0.3 is 0 Å². The largest absolute Gasteiger partial charge is 0.494 e. The molecule has 2 atom stereocenters. The molecule has 1 heterocycles. The zero-order chi connectivity index (χ0) is 13.7. The number of aliphatic hydroxyl groups excluding tert-OH is 1. The summed E-state index contributed by atoms with van der Waals surface area (Å²) in [6, 6.07) is 11.1. The van der Waals surface area contributed by atoms with Gasteiger partial charge in [-0.05, 0) is 36.8 Å². The molecule has 1 aromatic heterocycles. The Morgan fingerprint density at radius 3 is 2.53 bits per heavy atom. The summed E-state index contributed by atoms with van der Waals surface area (Å²) in [5.74, 6) is 1.15. The van der Waals surface area contributed by atoms with E-state index in [0.717, 1.165) is 11.3 Å². The summed E-state index contributed by atoms with van der Waals surface area (Å²) in [4.78, 5) is 0. The molecule has 0 spiro atoms. The SMILES string of the molecule is CCOc1ccc(C(CN)C(O)c2ccco2)cc1. The first-order valence-corrected chi connectivity index (χ1v) is 6.40. The minimum atomic E-state index is -0.738. The number of aliphatic hydroxyl groups is 1. The van der Waals surface area contributed by atoms with E-state index in [-0.39, 0.29) is 5.92 Å². The van der Waals surface area contributed by atoms with E-state index in [2.05, 4.69) is 0 Å². The summed E-state index contributed by atoms with van der Waals surface area (Å²) in [5, 5.41) is 10.3. The van der Waals surface area contributed by atoms with E-state index < -0.39 is 6.10 Å². The van der Waals surface area contributed by atoms with Gasteiger partial charge in [-0.3, -0.25) is 0 Å². The Morgan fingerprint density at radius 2 is 2.00 bits per heavy atom. The Hall–Kier alpha value is -1.78. The van der Waals surface area contributed by atoms with Gasteiger partial charge in [0.1, 0.15) is 17.6 Å². The Bertz CT molecular complexity index is 479. The topological polar surface area (TPSA) is 68.6 Å². The Morgan fingerprint density at radius 1 is 1.26 bits per heavy atom. The van der Waals surface area contributed by atoms with Crippen molar-refractivity contribution in [3.05, 3.63) is 54.0 Å². The van der Waals surface area contributed by atoms with E-state index in [1.807, 2.05) is 31.2 Å². The lowest BCUT2D eigenvalue weighted by Gasteiger charge is -2.20. The number of rotatable bonds is 6. The van der Waals surface area contributed by atoms with E-state index in [9.17, 15) is 5.11 Å². The molecule has 0 amide bonds. The molecule has 102 valence electrons. The summed E-state index contributed by atoms with van der Waals surface area (Å²) in [7, 11) is 0. The minimum absolute atomic E-state index is 0.193. The molecule has 0 aliphatic heterocycles. The first-order valence-electron chi connectivity index (χ1n) is 6.40. The second-order valence-corrected chi connectivity index (χ2v) is 4.30. The molecule has 0 aliphatic rings. The van der Waals surface area contributed by atoms with Crippen LogP contribution in [-0.4, -0.2) is 18.3 Å². The van der Waals surface area contributed by atoms with E-state index >= 15 is 0 Å². The molecule has 4 heteroatoms. The minimum Gasteiger partial charge on any atom is -0.494 e. The van der Waals surface area contributed by atoms with Crippen LogP contribution in [0.3, 0.4) is 0 Å². The monoisotopic (exact) mass is 261 g/mol. The first kappa shape index (κ1) is 13.6. The van der Waals surface area contributed by atoms with Gasteiger partial charge in [-0.2, -0.15) is 0 Å². The molecule has 19 heavy (non-hydrogen) atoms. The number of hydrogen-bond acceptors (Lipinski definition) is 4. The van der Waals surface area contributed by atoms with Crippen LogP contribution < -0.4 is 10.5 Å². The van der Waals surface area contributed by atoms with Gasteiger partial charge in [0.2, 0.25) is 0 Å².